The maximum atomic E-state index is 12.1. The van der Waals surface area contributed by atoms with E-state index in [4.69, 9.17) is 17.2 Å². The van der Waals surface area contributed by atoms with Crippen LogP contribution in [-0.2, 0) is 0 Å². The van der Waals surface area contributed by atoms with Crippen molar-refractivity contribution in [2.24, 2.45) is 27.2 Å². The third-order valence-corrected chi connectivity index (χ3v) is 2.63. The molecular weight excluding hydrogens is 280 g/mol. The number of hydrogen-bond acceptors (Lipinski definition) is 2. The molecule has 0 saturated heterocycles. The maximum absolute atomic E-state index is 12.1. The molecule has 0 radical (unpaired) electrons. The van der Waals surface area contributed by atoms with Gasteiger partial charge in [-0.05, 0) is 30.3 Å². The summed E-state index contributed by atoms with van der Waals surface area (Å²) in [6.07, 6.45) is 0. The minimum absolute atomic E-state index is 0.0634. The van der Waals surface area contributed by atoms with Crippen LogP contribution in [0.5, 0.6) is 0 Å². The van der Waals surface area contributed by atoms with Crippen molar-refractivity contribution in [3.63, 3.8) is 0 Å². The lowest BCUT2D eigenvalue weighted by Crippen LogP contribution is -2.26. The lowest BCUT2D eigenvalue weighted by atomic mass is 10.2. The molecule has 0 aliphatic heterocycles. The van der Waals surface area contributed by atoms with Gasteiger partial charge in [-0.25, -0.2) is 4.99 Å². The monoisotopic (exact) mass is 296 g/mol. The van der Waals surface area contributed by atoms with Crippen molar-refractivity contribution in [1.82, 2.24) is 0 Å². The Bertz CT molecular complexity index is 720. The van der Waals surface area contributed by atoms with Crippen LogP contribution in [0, 0.1) is 0 Å². The Labute approximate surface area is 127 Å². The van der Waals surface area contributed by atoms with E-state index in [2.05, 4.69) is 15.3 Å². The number of anilines is 1. The SMILES string of the molecule is NC(N)=NC(N)=Nc1cccc(NC(=O)c2ccccc2)c1. The molecule has 7 nitrogen and oxygen atoms in total. The van der Waals surface area contributed by atoms with Gasteiger partial charge in [-0.2, -0.15) is 4.99 Å². The van der Waals surface area contributed by atoms with Gasteiger partial charge in [0.05, 0.1) is 5.69 Å². The second-order valence-electron chi connectivity index (χ2n) is 4.38. The van der Waals surface area contributed by atoms with Crippen molar-refractivity contribution in [2.75, 3.05) is 5.32 Å². The Kier molecular flexibility index (Phi) is 4.71. The summed E-state index contributed by atoms with van der Waals surface area (Å²) < 4.78 is 0. The van der Waals surface area contributed by atoms with Crippen LogP contribution in [0.3, 0.4) is 0 Å². The smallest absolute Gasteiger partial charge is 0.255 e. The molecule has 7 N–H and O–H groups in total. The van der Waals surface area contributed by atoms with Gasteiger partial charge in [0.25, 0.3) is 5.91 Å². The maximum Gasteiger partial charge on any atom is 0.255 e. The molecular formula is C15H16N6O. The van der Waals surface area contributed by atoms with Crippen LogP contribution in [-0.4, -0.2) is 17.8 Å². The van der Waals surface area contributed by atoms with Crippen LogP contribution in [0.15, 0.2) is 64.6 Å². The third-order valence-electron chi connectivity index (χ3n) is 2.63. The highest BCUT2D eigenvalue weighted by Crippen LogP contribution is 2.18. The zero-order valence-corrected chi connectivity index (χ0v) is 11.7. The minimum atomic E-state index is -0.209. The molecule has 0 heterocycles. The van der Waals surface area contributed by atoms with Crippen molar-refractivity contribution in [3.8, 4) is 0 Å². The van der Waals surface area contributed by atoms with E-state index < -0.39 is 0 Å². The molecule has 0 unspecified atom stereocenters. The Morgan fingerprint density at radius 1 is 0.955 bits per heavy atom. The van der Waals surface area contributed by atoms with E-state index in [0.717, 1.165) is 0 Å². The van der Waals surface area contributed by atoms with Gasteiger partial charge in [-0.15, -0.1) is 0 Å². The topological polar surface area (TPSA) is 132 Å². The van der Waals surface area contributed by atoms with Gasteiger partial charge in [0.15, 0.2) is 5.96 Å². The summed E-state index contributed by atoms with van der Waals surface area (Å²) in [5.41, 5.74) is 17.7. The van der Waals surface area contributed by atoms with E-state index in [0.29, 0.717) is 16.9 Å². The Hall–Kier alpha value is -3.35. The molecule has 0 aromatic heterocycles. The number of guanidine groups is 2. The molecule has 7 heteroatoms. The van der Waals surface area contributed by atoms with Crippen molar-refractivity contribution in [1.29, 1.82) is 0 Å². The fraction of sp³-hybridized carbons (Fsp3) is 0. The lowest BCUT2D eigenvalue weighted by molar-refractivity contribution is 0.102. The normalized spacial score (nSPS) is 10.8. The molecule has 2 rings (SSSR count). The number of nitrogens with one attached hydrogen (secondary N) is 1. The number of aliphatic imine (C=N–C) groups is 2. The number of carbonyl (C=O) groups is 1. The Balaban J connectivity index is 2.15. The highest BCUT2D eigenvalue weighted by Gasteiger charge is 2.05. The summed E-state index contributed by atoms with van der Waals surface area (Å²) in [7, 11) is 0. The second kappa shape index (κ2) is 6.89. The predicted octanol–water partition coefficient (Wildman–Crippen LogP) is 1.16. The van der Waals surface area contributed by atoms with Crippen LogP contribution >= 0.6 is 0 Å². The summed E-state index contributed by atoms with van der Waals surface area (Å²) in [5.74, 6) is -0.444. The van der Waals surface area contributed by atoms with Crippen molar-refractivity contribution >= 4 is 29.2 Å². The highest BCUT2D eigenvalue weighted by atomic mass is 16.1. The molecule has 0 bridgehead atoms. The molecule has 1 amide bonds. The summed E-state index contributed by atoms with van der Waals surface area (Å²) in [4.78, 5) is 19.7. The Morgan fingerprint density at radius 2 is 1.68 bits per heavy atom. The molecule has 0 fully saturated rings. The number of hydrogen-bond donors (Lipinski definition) is 4. The number of rotatable bonds is 3. The molecule has 0 aliphatic carbocycles. The van der Waals surface area contributed by atoms with Crippen LogP contribution in [0.4, 0.5) is 11.4 Å². The molecule has 0 atom stereocenters. The van der Waals surface area contributed by atoms with Crippen LogP contribution < -0.4 is 22.5 Å². The van der Waals surface area contributed by atoms with Crippen LogP contribution in [0.1, 0.15) is 10.4 Å². The number of carbonyl (C=O) groups excluding carboxylic acids is 1. The molecule has 2 aromatic carbocycles. The first-order valence-electron chi connectivity index (χ1n) is 6.45. The standard InChI is InChI=1S/C15H16N6O/c16-14(17)21-15(18)20-12-8-4-7-11(9-12)19-13(22)10-5-2-1-3-6-10/h1-9H,(H,19,22)(H6,16,17,18,20,21). The Morgan fingerprint density at radius 3 is 2.36 bits per heavy atom. The summed E-state index contributed by atoms with van der Waals surface area (Å²) in [5, 5.41) is 2.78. The largest absolute Gasteiger partial charge is 0.370 e. The third kappa shape index (κ3) is 4.34. The van der Waals surface area contributed by atoms with Gasteiger partial charge in [-0.3, -0.25) is 4.79 Å². The van der Waals surface area contributed by atoms with E-state index in [1.165, 1.54) is 0 Å². The average molecular weight is 296 g/mol. The van der Waals surface area contributed by atoms with Crippen LogP contribution in [0.25, 0.3) is 0 Å². The number of amides is 1. The second-order valence-corrected chi connectivity index (χ2v) is 4.38. The average Bonchev–Trinajstić information content (AvgIpc) is 2.47. The minimum Gasteiger partial charge on any atom is -0.370 e. The van der Waals surface area contributed by atoms with Gasteiger partial charge in [0, 0.05) is 11.3 Å². The van der Waals surface area contributed by atoms with Gasteiger partial charge >= 0.3 is 0 Å². The highest BCUT2D eigenvalue weighted by molar-refractivity contribution is 6.04. The van der Waals surface area contributed by atoms with E-state index >= 15 is 0 Å². The first-order chi connectivity index (χ1) is 10.5. The fourth-order valence-electron chi connectivity index (χ4n) is 1.74. The van der Waals surface area contributed by atoms with Gasteiger partial charge in [0.2, 0.25) is 5.96 Å². The van der Waals surface area contributed by atoms with E-state index in [1.807, 2.05) is 6.07 Å². The fourth-order valence-corrected chi connectivity index (χ4v) is 1.74. The quantitative estimate of drug-likeness (QED) is 0.499. The summed E-state index contributed by atoms with van der Waals surface area (Å²) >= 11 is 0. The zero-order valence-electron chi connectivity index (χ0n) is 11.7. The van der Waals surface area contributed by atoms with Crippen molar-refractivity contribution in [3.05, 3.63) is 60.2 Å². The van der Waals surface area contributed by atoms with Gasteiger partial charge < -0.3 is 22.5 Å². The molecule has 2 aromatic rings. The van der Waals surface area contributed by atoms with Crippen LogP contribution in [0.2, 0.25) is 0 Å². The number of benzene rings is 2. The van der Waals surface area contributed by atoms with Gasteiger partial charge in [-0.1, -0.05) is 24.3 Å². The van der Waals surface area contributed by atoms with Crippen molar-refractivity contribution in [2.45, 2.75) is 0 Å². The van der Waals surface area contributed by atoms with E-state index in [-0.39, 0.29) is 17.8 Å². The first-order valence-corrected chi connectivity index (χ1v) is 6.45. The number of nitrogens with zero attached hydrogens (tertiary/aromatic N) is 2. The first kappa shape index (κ1) is 15.0. The predicted molar refractivity (Wildman–Crippen MR) is 87.9 cm³/mol. The number of nitrogens with two attached hydrogens (primary N) is 3. The zero-order chi connectivity index (χ0) is 15.9. The van der Waals surface area contributed by atoms with E-state index in [1.54, 1.807) is 48.5 Å². The molecule has 22 heavy (non-hydrogen) atoms. The van der Waals surface area contributed by atoms with E-state index in [9.17, 15) is 4.79 Å². The van der Waals surface area contributed by atoms with Crippen molar-refractivity contribution < 1.29 is 4.79 Å². The molecule has 0 saturated carbocycles. The summed E-state index contributed by atoms with van der Waals surface area (Å²) in [6, 6.07) is 15.8. The molecule has 112 valence electrons. The lowest BCUT2D eigenvalue weighted by Gasteiger charge is -2.06. The van der Waals surface area contributed by atoms with Gasteiger partial charge in [0.1, 0.15) is 0 Å². The molecule has 0 aliphatic rings. The molecule has 0 spiro atoms. The summed E-state index contributed by atoms with van der Waals surface area (Å²) in [6.45, 7) is 0.